The molecule has 0 aromatic heterocycles. The van der Waals surface area contributed by atoms with Gasteiger partial charge in [-0.15, -0.1) is 0 Å². The second kappa shape index (κ2) is 4.97. The quantitative estimate of drug-likeness (QED) is 0.770. The van der Waals surface area contributed by atoms with Crippen LogP contribution in [0.3, 0.4) is 0 Å². The van der Waals surface area contributed by atoms with Crippen molar-refractivity contribution in [1.29, 1.82) is 0 Å². The molecule has 0 aromatic rings. The number of aliphatic hydroxyl groups excluding tert-OH is 1. The lowest BCUT2D eigenvalue weighted by Gasteiger charge is -2.38. The molecule has 1 rings (SSSR count). The van der Waals surface area contributed by atoms with Crippen LogP contribution in [0, 0.1) is 16.7 Å². The van der Waals surface area contributed by atoms with E-state index in [1.165, 1.54) is 5.57 Å². The number of hydrogen-bond donors (Lipinski definition) is 1. The molecule has 1 aliphatic rings. The molecule has 0 aromatic carbocycles. The van der Waals surface area contributed by atoms with Crippen molar-refractivity contribution in [1.82, 2.24) is 0 Å². The van der Waals surface area contributed by atoms with Crippen LogP contribution in [0.2, 0.25) is 0 Å². The predicted octanol–water partition coefficient (Wildman–Crippen LogP) is 4.33. The number of hydrogen-bond acceptors (Lipinski definition) is 1. The zero-order valence-corrected chi connectivity index (χ0v) is 12.2. The van der Waals surface area contributed by atoms with Gasteiger partial charge in [-0.3, -0.25) is 0 Å². The van der Waals surface area contributed by atoms with Crippen LogP contribution in [0.15, 0.2) is 23.8 Å². The summed E-state index contributed by atoms with van der Waals surface area (Å²) in [6, 6.07) is 0. The lowest BCUT2D eigenvalue weighted by Crippen LogP contribution is -2.34. The summed E-state index contributed by atoms with van der Waals surface area (Å²) < 4.78 is 0. The Bertz CT molecular complexity index is 320. The Morgan fingerprint density at radius 2 is 1.71 bits per heavy atom. The molecule has 1 aliphatic carbocycles. The highest BCUT2D eigenvalue weighted by Gasteiger charge is 2.34. The molecule has 2 atom stereocenters. The van der Waals surface area contributed by atoms with Gasteiger partial charge >= 0.3 is 0 Å². The first-order valence-corrected chi connectivity index (χ1v) is 6.83. The Labute approximate surface area is 107 Å². The standard InChI is InChI=1S/C16H28O/c1-7-15(3,4)12-9-10-14(17)13(11-12)16(5,6)8-2/h9-11,13-14,17H,7-8H2,1-6H3/t13?,14-/m1/s1. The molecule has 1 N–H and O–H groups in total. The van der Waals surface area contributed by atoms with E-state index in [1.54, 1.807) is 0 Å². The van der Waals surface area contributed by atoms with Crippen molar-refractivity contribution >= 4 is 0 Å². The summed E-state index contributed by atoms with van der Waals surface area (Å²) in [7, 11) is 0. The van der Waals surface area contributed by atoms with Gasteiger partial charge in [0.2, 0.25) is 0 Å². The summed E-state index contributed by atoms with van der Waals surface area (Å²) in [6.45, 7) is 13.5. The lowest BCUT2D eigenvalue weighted by atomic mass is 9.68. The van der Waals surface area contributed by atoms with E-state index in [0.29, 0.717) is 0 Å². The molecule has 0 spiro atoms. The Morgan fingerprint density at radius 3 is 2.18 bits per heavy atom. The Kier molecular flexibility index (Phi) is 4.24. The first-order chi connectivity index (χ1) is 7.74. The Balaban J connectivity index is 3.05. The van der Waals surface area contributed by atoms with Crippen LogP contribution in [0.5, 0.6) is 0 Å². The largest absolute Gasteiger partial charge is 0.388 e. The SMILES string of the molecule is CCC(C)(C)C1=CC(C(C)(C)CC)[C@H](O)C=C1. The van der Waals surface area contributed by atoms with Gasteiger partial charge in [0.25, 0.3) is 0 Å². The van der Waals surface area contributed by atoms with E-state index >= 15 is 0 Å². The molecule has 0 amide bonds. The van der Waals surface area contributed by atoms with Gasteiger partial charge in [0.1, 0.15) is 0 Å². The molecule has 0 radical (unpaired) electrons. The molecular weight excluding hydrogens is 208 g/mol. The van der Waals surface area contributed by atoms with E-state index in [1.807, 2.05) is 6.08 Å². The van der Waals surface area contributed by atoms with Gasteiger partial charge in [-0.05, 0) is 22.8 Å². The topological polar surface area (TPSA) is 20.2 Å². The van der Waals surface area contributed by atoms with E-state index in [0.717, 1.165) is 12.8 Å². The van der Waals surface area contributed by atoms with Crippen molar-refractivity contribution in [2.75, 3.05) is 0 Å². The molecule has 1 unspecified atom stereocenters. The summed E-state index contributed by atoms with van der Waals surface area (Å²) >= 11 is 0. The van der Waals surface area contributed by atoms with Gasteiger partial charge in [0.15, 0.2) is 0 Å². The van der Waals surface area contributed by atoms with Crippen LogP contribution in [-0.4, -0.2) is 11.2 Å². The van der Waals surface area contributed by atoms with Gasteiger partial charge in [-0.25, -0.2) is 0 Å². The zero-order chi connectivity index (χ0) is 13.3. The average molecular weight is 236 g/mol. The van der Waals surface area contributed by atoms with E-state index in [-0.39, 0.29) is 22.9 Å². The minimum atomic E-state index is -0.332. The fourth-order valence-corrected chi connectivity index (χ4v) is 2.25. The Hall–Kier alpha value is -0.560. The van der Waals surface area contributed by atoms with E-state index in [4.69, 9.17) is 0 Å². The fraction of sp³-hybridized carbons (Fsp3) is 0.750. The van der Waals surface area contributed by atoms with Crippen molar-refractivity contribution in [3.8, 4) is 0 Å². The number of rotatable bonds is 4. The molecular formula is C16H28O. The van der Waals surface area contributed by atoms with Gasteiger partial charge in [-0.2, -0.15) is 0 Å². The van der Waals surface area contributed by atoms with E-state index < -0.39 is 0 Å². The van der Waals surface area contributed by atoms with Crippen LogP contribution in [0.1, 0.15) is 54.4 Å². The van der Waals surface area contributed by atoms with E-state index in [9.17, 15) is 5.11 Å². The highest BCUT2D eigenvalue weighted by molar-refractivity contribution is 5.32. The van der Waals surface area contributed by atoms with Crippen molar-refractivity contribution in [2.45, 2.75) is 60.5 Å². The third-order valence-electron chi connectivity index (χ3n) is 4.68. The minimum Gasteiger partial charge on any atom is -0.388 e. The summed E-state index contributed by atoms with van der Waals surface area (Å²) in [5, 5.41) is 10.2. The van der Waals surface area contributed by atoms with Crippen LogP contribution in [0.25, 0.3) is 0 Å². The molecule has 0 aliphatic heterocycles. The second-order valence-electron chi connectivity index (χ2n) is 6.58. The first-order valence-electron chi connectivity index (χ1n) is 6.83. The molecule has 0 bridgehead atoms. The van der Waals surface area contributed by atoms with Crippen LogP contribution < -0.4 is 0 Å². The average Bonchev–Trinajstić information content (AvgIpc) is 2.29. The van der Waals surface area contributed by atoms with Crippen molar-refractivity contribution < 1.29 is 5.11 Å². The minimum absolute atomic E-state index is 0.152. The molecule has 0 saturated heterocycles. The third kappa shape index (κ3) is 3.01. The van der Waals surface area contributed by atoms with Crippen molar-refractivity contribution in [3.05, 3.63) is 23.8 Å². The lowest BCUT2D eigenvalue weighted by molar-refractivity contribution is 0.0913. The summed E-state index contributed by atoms with van der Waals surface area (Å²) in [4.78, 5) is 0. The maximum atomic E-state index is 10.2. The molecule has 0 fully saturated rings. The monoisotopic (exact) mass is 236 g/mol. The van der Waals surface area contributed by atoms with Gasteiger partial charge < -0.3 is 5.11 Å². The predicted molar refractivity (Wildman–Crippen MR) is 74.9 cm³/mol. The summed E-state index contributed by atoms with van der Waals surface area (Å²) in [5.74, 6) is 0.235. The number of aliphatic hydroxyl groups is 1. The molecule has 1 heteroatoms. The third-order valence-corrected chi connectivity index (χ3v) is 4.68. The maximum Gasteiger partial charge on any atom is 0.0791 e. The number of allylic oxidation sites excluding steroid dienone is 2. The van der Waals surface area contributed by atoms with Crippen molar-refractivity contribution in [2.24, 2.45) is 16.7 Å². The van der Waals surface area contributed by atoms with Gasteiger partial charge in [0, 0.05) is 5.92 Å². The second-order valence-corrected chi connectivity index (χ2v) is 6.58. The Morgan fingerprint density at radius 1 is 1.12 bits per heavy atom. The molecule has 0 saturated carbocycles. The van der Waals surface area contributed by atoms with Gasteiger partial charge in [-0.1, -0.05) is 66.2 Å². The fourth-order valence-electron chi connectivity index (χ4n) is 2.25. The maximum absolute atomic E-state index is 10.2. The van der Waals surface area contributed by atoms with Crippen LogP contribution >= 0.6 is 0 Å². The van der Waals surface area contributed by atoms with Gasteiger partial charge in [0.05, 0.1) is 6.10 Å². The van der Waals surface area contributed by atoms with Crippen molar-refractivity contribution in [3.63, 3.8) is 0 Å². The molecule has 1 nitrogen and oxygen atoms in total. The first kappa shape index (κ1) is 14.5. The molecule has 0 heterocycles. The molecule has 17 heavy (non-hydrogen) atoms. The van der Waals surface area contributed by atoms with Crippen LogP contribution in [-0.2, 0) is 0 Å². The van der Waals surface area contributed by atoms with Crippen LogP contribution in [0.4, 0.5) is 0 Å². The summed E-state index contributed by atoms with van der Waals surface area (Å²) in [5.41, 5.74) is 1.73. The highest BCUT2D eigenvalue weighted by atomic mass is 16.3. The summed E-state index contributed by atoms with van der Waals surface area (Å²) in [6.07, 6.45) is 8.25. The van der Waals surface area contributed by atoms with E-state index in [2.05, 4.69) is 53.7 Å². The smallest absolute Gasteiger partial charge is 0.0791 e. The highest BCUT2D eigenvalue weighted by Crippen LogP contribution is 2.41. The zero-order valence-electron chi connectivity index (χ0n) is 12.2. The molecule has 98 valence electrons. The normalized spacial score (nSPS) is 25.9.